The van der Waals surface area contributed by atoms with Gasteiger partial charge in [-0.1, -0.05) is 42.5 Å². The van der Waals surface area contributed by atoms with Crippen LogP contribution in [0.3, 0.4) is 0 Å². The van der Waals surface area contributed by atoms with Crippen molar-refractivity contribution in [1.82, 2.24) is 19.9 Å². The molecule has 0 radical (unpaired) electrons. The smallest absolute Gasteiger partial charge is 0.162 e. The second kappa shape index (κ2) is 9.56. The summed E-state index contributed by atoms with van der Waals surface area (Å²) in [7, 11) is 0. The third kappa shape index (κ3) is 4.28. The number of para-hydroxylation sites is 1. The van der Waals surface area contributed by atoms with Gasteiger partial charge in [0, 0.05) is 53.1 Å². The van der Waals surface area contributed by atoms with Crippen LogP contribution < -0.4 is 11.1 Å². The molecule has 0 saturated carbocycles. The maximum absolute atomic E-state index is 6.48. The Morgan fingerprint density at radius 1 is 0.861 bits per heavy atom. The number of hydrogen-bond donors (Lipinski definition) is 2. The van der Waals surface area contributed by atoms with Crippen molar-refractivity contribution >= 4 is 27.7 Å². The highest BCUT2D eigenvalue weighted by molar-refractivity contribution is 6.03. The van der Waals surface area contributed by atoms with Crippen molar-refractivity contribution in [3.8, 4) is 22.6 Å². The first-order valence-electron chi connectivity index (χ1n) is 11.8. The molecule has 0 bridgehead atoms. The van der Waals surface area contributed by atoms with Crippen LogP contribution >= 0.6 is 0 Å². The summed E-state index contributed by atoms with van der Waals surface area (Å²) in [5, 5.41) is 5.37. The molecule has 0 aliphatic carbocycles. The van der Waals surface area contributed by atoms with Crippen LogP contribution in [0.4, 0.5) is 5.82 Å². The van der Waals surface area contributed by atoms with Crippen molar-refractivity contribution in [2.24, 2.45) is 5.73 Å². The van der Waals surface area contributed by atoms with Gasteiger partial charge in [-0.25, -0.2) is 9.97 Å². The highest BCUT2D eigenvalue weighted by Gasteiger charge is 2.17. The van der Waals surface area contributed by atoms with Gasteiger partial charge in [-0.2, -0.15) is 0 Å². The number of nitrogens with one attached hydrogen (secondary N) is 1. The third-order valence-electron chi connectivity index (χ3n) is 6.16. The molecule has 0 amide bonds. The number of pyridine rings is 2. The van der Waals surface area contributed by atoms with E-state index in [1.165, 1.54) is 5.56 Å². The van der Waals surface area contributed by atoms with Crippen LogP contribution in [0.2, 0.25) is 0 Å². The van der Waals surface area contributed by atoms with Crippen LogP contribution in [0.5, 0.6) is 0 Å². The lowest BCUT2D eigenvalue weighted by atomic mass is 10.1. The van der Waals surface area contributed by atoms with E-state index in [1.807, 2.05) is 60.7 Å². The van der Waals surface area contributed by atoms with Crippen molar-refractivity contribution in [2.45, 2.75) is 12.5 Å². The summed E-state index contributed by atoms with van der Waals surface area (Å²) in [6.07, 6.45) is 7.71. The van der Waals surface area contributed by atoms with Crippen molar-refractivity contribution in [2.75, 3.05) is 11.9 Å². The zero-order valence-corrected chi connectivity index (χ0v) is 19.5. The standard InChI is InChI=1S/C29H24N6O/c30-22(17-19-5-2-1-3-6-19)18-33-29-24-11-15-32-25(23-8-4-7-20-12-16-36-27(20)23)26(24)34-28(35-29)21-9-13-31-14-10-21/h1-16,22H,17-18,30H2,(H,33,34,35)/t22-/m1/s1. The fraction of sp³-hybridized carbons (Fsp3) is 0.103. The van der Waals surface area contributed by atoms with Crippen LogP contribution in [0, 0.1) is 0 Å². The number of aromatic nitrogens is 4. The van der Waals surface area contributed by atoms with Crippen molar-refractivity contribution in [1.29, 1.82) is 0 Å². The van der Waals surface area contributed by atoms with E-state index in [-0.39, 0.29) is 6.04 Å². The van der Waals surface area contributed by atoms with Crippen LogP contribution in [-0.2, 0) is 6.42 Å². The number of nitrogens with zero attached hydrogens (tertiary/aromatic N) is 4. The third-order valence-corrected chi connectivity index (χ3v) is 6.16. The predicted octanol–water partition coefficient (Wildman–Crippen LogP) is 5.48. The molecule has 0 spiro atoms. The molecule has 2 aromatic carbocycles. The van der Waals surface area contributed by atoms with Crippen LogP contribution in [0.25, 0.3) is 44.5 Å². The molecule has 6 aromatic rings. The fourth-order valence-corrected chi connectivity index (χ4v) is 4.41. The van der Waals surface area contributed by atoms with Gasteiger partial charge >= 0.3 is 0 Å². The molecule has 4 aromatic heterocycles. The summed E-state index contributed by atoms with van der Waals surface area (Å²) >= 11 is 0. The van der Waals surface area contributed by atoms with Gasteiger partial charge in [0.1, 0.15) is 22.6 Å². The molecule has 7 heteroatoms. The zero-order valence-electron chi connectivity index (χ0n) is 19.5. The van der Waals surface area contributed by atoms with E-state index in [0.717, 1.165) is 45.1 Å². The molecule has 176 valence electrons. The summed E-state index contributed by atoms with van der Waals surface area (Å²) in [4.78, 5) is 18.7. The number of fused-ring (bicyclic) bond motifs is 2. The molecule has 0 aliphatic rings. The van der Waals surface area contributed by atoms with Gasteiger partial charge in [0.05, 0.1) is 6.26 Å². The lowest BCUT2D eigenvalue weighted by Gasteiger charge is -2.16. The Kier molecular flexibility index (Phi) is 5.81. The Labute approximate surface area is 208 Å². The minimum atomic E-state index is -0.0834. The molecule has 0 fully saturated rings. The van der Waals surface area contributed by atoms with E-state index in [9.17, 15) is 0 Å². The molecule has 6 rings (SSSR count). The summed E-state index contributed by atoms with van der Waals surface area (Å²) in [6, 6.07) is 23.9. The van der Waals surface area contributed by atoms with E-state index in [0.29, 0.717) is 18.2 Å². The molecule has 36 heavy (non-hydrogen) atoms. The van der Waals surface area contributed by atoms with Gasteiger partial charge in [0.25, 0.3) is 0 Å². The second-order valence-electron chi connectivity index (χ2n) is 8.66. The fourth-order valence-electron chi connectivity index (χ4n) is 4.41. The summed E-state index contributed by atoms with van der Waals surface area (Å²) in [6.45, 7) is 0.558. The molecule has 0 aliphatic heterocycles. The average Bonchev–Trinajstić information content (AvgIpc) is 3.42. The number of benzene rings is 2. The first-order chi connectivity index (χ1) is 17.8. The van der Waals surface area contributed by atoms with Gasteiger partial charge in [-0.15, -0.1) is 0 Å². The summed E-state index contributed by atoms with van der Waals surface area (Å²) in [5.74, 6) is 1.30. The van der Waals surface area contributed by atoms with Gasteiger partial charge in [-0.3, -0.25) is 9.97 Å². The van der Waals surface area contributed by atoms with Gasteiger partial charge in [0.15, 0.2) is 5.82 Å². The summed E-state index contributed by atoms with van der Waals surface area (Å²) < 4.78 is 5.81. The molecular formula is C29H24N6O. The van der Waals surface area contributed by atoms with Crippen molar-refractivity contribution in [3.63, 3.8) is 0 Å². The Balaban J connectivity index is 1.44. The molecule has 4 heterocycles. The van der Waals surface area contributed by atoms with E-state index in [4.69, 9.17) is 25.1 Å². The first-order valence-corrected chi connectivity index (χ1v) is 11.8. The number of furan rings is 1. The quantitative estimate of drug-likeness (QED) is 0.317. The van der Waals surface area contributed by atoms with E-state index >= 15 is 0 Å². The lowest BCUT2D eigenvalue weighted by Crippen LogP contribution is -2.31. The number of nitrogens with two attached hydrogens (primary N) is 1. The summed E-state index contributed by atoms with van der Waals surface area (Å²) in [5.41, 5.74) is 11.7. The van der Waals surface area contributed by atoms with Crippen molar-refractivity contribution in [3.05, 3.63) is 103 Å². The first kappa shape index (κ1) is 21.9. The highest BCUT2D eigenvalue weighted by atomic mass is 16.3. The average molecular weight is 473 g/mol. The Bertz CT molecular complexity index is 1630. The van der Waals surface area contributed by atoms with Crippen LogP contribution in [0.15, 0.2) is 102 Å². The predicted molar refractivity (Wildman–Crippen MR) is 142 cm³/mol. The molecule has 0 saturated heterocycles. The van der Waals surface area contributed by atoms with E-state index < -0.39 is 0 Å². The van der Waals surface area contributed by atoms with E-state index in [2.05, 4.69) is 22.4 Å². The Morgan fingerprint density at radius 2 is 1.72 bits per heavy atom. The molecule has 7 nitrogen and oxygen atoms in total. The number of anilines is 1. The van der Waals surface area contributed by atoms with Crippen LogP contribution in [0.1, 0.15) is 5.56 Å². The molecule has 3 N–H and O–H groups in total. The maximum atomic E-state index is 6.48. The highest BCUT2D eigenvalue weighted by Crippen LogP contribution is 2.34. The number of hydrogen-bond acceptors (Lipinski definition) is 7. The SMILES string of the molecule is N[C@@H](CNc1nc(-c2ccncc2)nc2c(-c3cccc4ccoc34)nccc12)Cc1ccccc1. The molecular weight excluding hydrogens is 448 g/mol. The van der Waals surface area contributed by atoms with Crippen LogP contribution in [-0.4, -0.2) is 32.5 Å². The van der Waals surface area contributed by atoms with Gasteiger partial charge in [-0.05, 0) is 42.3 Å². The molecule has 0 unspecified atom stereocenters. The zero-order chi connectivity index (χ0) is 24.3. The normalized spacial score (nSPS) is 12.1. The topological polar surface area (TPSA) is 103 Å². The monoisotopic (exact) mass is 472 g/mol. The maximum Gasteiger partial charge on any atom is 0.162 e. The lowest BCUT2D eigenvalue weighted by molar-refractivity contribution is 0.616. The van der Waals surface area contributed by atoms with Gasteiger partial charge in [0.2, 0.25) is 0 Å². The van der Waals surface area contributed by atoms with E-state index in [1.54, 1.807) is 24.9 Å². The number of rotatable bonds is 7. The Hall–Kier alpha value is -4.62. The minimum Gasteiger partial charge on any atom is -0.464 e. The minimum absolute atomic E-state index is 0.0834. The van der Waals surface area contributed by atoms with Gasteiger partial charge < -0.3 is 15.5 Å². The largest absolute Gasteiger partial charge is 0.464 e. The molecule has 1 atom stereocenters. The Morgan fingerprint density at radius 3 is 2.58 bits per heavy atom. The second-order valence-corrected chi connectivity index (χ2v) is 8.66. The van der Waals surface area contributed by atoms with Crippen molar-refractivity contribution < 1.29 is 4.42 Å².